The summed E-state index contributed by atoms with van der Waals surface area (Å²) in [6.45, 7) is 0. The molecule has 0 saturated carbocycles. The molecule has 0 N–H and O–H groups in total. The van der Waals surface area contributed by atoms with E-state index in [9.17, 15) is 9.59 Å². The first-order valence-electron chi connectivity index (χ1n) is 6.76. The van der Waals surface area contributed by atoms with Gasteiger partial charge in [-0.05, 0) is 24.3 Å². The minimum Gasteiger partial charge on any atom is -0.268 e. The van der Waals surface area contributed by atoms with Gasteiger partial charge in [-0.25, -0.2) is 0 Å². The van der Waals surface area contributed by atoms with Crippen molar-refractivity contribution in [2.75, 3.05) is 0 Å². The van der Waals surface area contributed by atoms with Crippen molar-refractivity contribution >= 4 is 32.8 Å². The second-order valence-electron chi connectivity index (χ2n) is 5.21. The minimum atomic E-state index is -0.228. The summed E-state index contributed by atoms with van der Waals surface area (Å²) >= 11 is 0. The van der Waals surface area contributed by atoms with Crippen molar-refractivity contribution in [1.82, 2.24) is 18.8 Å². The molecule has 0 unspecified atom stereocenters. The molecule has 5 rings (SSSR count). The number of aromatic nitrogens is 4. The summed E-state index contributed by atoms with van der Waals surface area (Å²) in [6.07, 6.45) is 6.49. The molecule has 0 aliphatic heterocycles. The number of rotatable bonds is 0. The Kier molecular flexibility index (Phi) is 1.90. The van der Waals surface area contributed by atoms with Crippen molar-refractivity contribution in [1.29, 1.82) is 0 Å². The molecule has 0 aliphatic carbocycles. The van der Waals surface area contributed by atoms with E-state index in [4.69, 9.17) is 0 Å². The largest absolute Gasteiger partial charge is 0.280 e. The molecule has 22 heavy (non-hydrogen) atoms. The standard InChI is InChI=1S/C16H8N4O2/c21-15-11-5-9-1-3-17-7-13(9)19(11)16(22)12-6-10-2-4-18-8-14(10)20(12)15/h1-8H. The maximum absolute atomic E-state index is 12.8. The molecule has 5 heterocycles. The van der Waals surface area contributed by atoms with Gasteiger partial charge < -0.3 is 0 Å². The average Bonchev–Trinajstić information content (AvgIpc) is 3.12. The van der Waals surface area contributed by atoms with Crippen molar-refractivity contribution in [2.45, 2.75) is 0 Å². The van der Waals surface area contributed by atoms with Crippen LogP contribution in [0.2, 0.25) is 0 Å². The van der Waals surface area contributed by atoms with Gasteiger partial charge in [0.15, 0.2) is 0 Å². The summed E-state index contributed by atoms with van der Waals surface area (Å²) in [5.74, 6) is 0. The van der Waals surface area contributed by atoms with Crippen LogP contribution in [0.5, 0.6) is 0 Å². The van der Waals surface area contributed by atoms with Gasteiger partial charge in [-0.3, -0.25) is 28.4 Å². The Morgan fingerprint density at radius 1 is 0.682 bits per heavy atom. The lowest BCUT2D eigenvalue weighted by Crippen LogP contribution is -2.25. The highest BCUT2D eigenvalue weighted by molar-refractivity contribution is 5.90. The Morgan fingerprint density at radius 2 is 1.14 bits per heavy atom. The molecule has 0 radical (unpaired) electrons. The van der Waals surface area contributed by atoms with Gasteiger partial charge in [-0.2, -0.15) is 0 Å². The van der Waals surface area contributed by atoms with Gasteiger partial charge in [0.05, 0.1) is 23.4 Å². The molecule has 104 valence electrons. The summed E-state index contributed by atoms with van der Waals surface area (Å²) < 4.78 is 2.87. The van der Waals surface area contributed by atoms with Gasteiger partial charge in [0, 0.05) is 23.2 Å². The van der Waals surface area contributed by atoms with E-state index >= 15 is 0 Å². The van der Waals surface area contributed by atoms with Crippen molar-refractivity contribution in [3.8, 4) is 0 Å². The van der Waals surface area contributed by atoms with Crippen LogP contribution in [0, 0.1) is 0 Å². The molecule has 0 bridgehead atoms. The zero-order valence-corrected chi connectivity index (χ0v) is 11.2. The van der Waals surface area contributed by atoms with Gasteiger partial charge in [-0.15, -0.1) is 0 Å². The fourth-order valence-electron chi connectivity index (χ4n) is 3.08. The monoisotopic (exact) mass is 288 g/mol. The quantitative estimate of drug-likeness (QED) is 0.432. The fourth-order valence-corrected chi connectivity index (χ4v) is 3.08. The normalized spacial score (nSPS) is 12.0. The molecule has 6 heteroatoms. The highest BCUT2D eigenvalue weighted by Gasteiger charge is 2.16. The second kappa shape index (κ2) is 3.67. The van der Waals surface area contributed by atoms with Gasteiger partial charge in [0.2, 0.25) is 0 Å². The topological polar surface area (TPSA) is 68.7 Å². The first-order valence-corrected chi connectivity index (χ1v) is 6.76. The van der Waals surface area contributed by atoms with Gasteiger partial charge in [0.25, 0.3) is 11.1 Å². The van der Waals surface area contributed by atoms with Crippen LogP contribution in [-0.4, -0.2) is 18.8 Å². The van der Waals surface area contributed by atoms with Crippen molar-refractivity contribution < 1.29 is 0 Å². The third kappa shape index (κ3) is 1.20. The van der Waals surface area contributed by atoms with Crippen LogP contribution in [0.15, 0.2) is 58.6 Å². The Balaban J connectivity index is 2.21. The number of nitrogens with zero attached hydrogens (tertiary/aromatic N) is 4. The SMILES string of the molecule is O=c1c2cc3ccncc3n2c(=O)c2cc3ccncc3n12. The van der Waals surface area contributed by atoms with Crippen molar-refractivity contribution in [3.63, 3.8) is 0 Å². The van der Waals surface area contributed by atoms with Crippen LogP contribution in [0.1, 0.15) is 0 Å². The number of fused-ring (bicyclic) bond motifs is 6. The Hall–Kier alpha value is -3.28. The van der Waals surface area contributed by atoms with Gasteiger partial charge in [-0.1, -0.05) is 0 Å². The zero-order chi connectivity index (χ0) is 14.8. The predicted octanol–water partition coefficient (Wildman–Crippen LogP) is 1.45. The van der Waals surface area contributed by atoms with E-state index in [0.29, 0.717) is 22.1 Å². The average molecular weight is 288 g/mol. The summed E-state index contributed by atoms with van der Waals surface area (Å²) in [6, 6.07) is 7.02. The van der Waals surface area contributed by atoms with E-state index < -0.39 is 0 Å². The summed E-state index contributed by atoms with van der Waals surface area (Å²) in [5, 5.41) is 1.64. The highest BCUT2D eigenvalue weighted by atomic mass is 16.1. The highest BCUT2D eigenvalue weighted by Crippen LogP contribution is 2.19. The van der Waals surface area contributed by atoms with E-state index in [1.807, 2.05) is 0 Å². The minimum absolute atomic E-state index is 0.228. The zero-order valence-electron chi connectivity index (χ0n) is 11.2. The number of hydrogen-bond acceptors (Lipinski definition) is 4. The van der Waals surface area contributed by atoms with Crippen molar-refractivity contribution in [2.24, 2.45) is 0 Å². The lowest BCUT2D eigenvalue weighted by Gasteiger charge is -1.99. The third-order valence-electron chi connectivity index (χ3n) is 4.06. The first-order chi connectivity index (χ1) is 10.8. The summed E-state index contributed by atoms with van der Waals surface area (Å²) in [7, 11) is 0. The summed E-state index contributed by atoms with van der Waals surface area (Å²) in [4.78, 5) is 33.8. The second-order valence-corrected chi connectivity index (χ2v) is 5.21. The Morgan fingerprint density at radius 3 is 1.59 bits per heavy atom. The van der Waals surface area contributed by atoms with E-state index in [1.165, 1.54) is 8.80 Å². The predicted molar refractivity (Wildman–Crippen MR) is 82.7 cm³/mol. The molecule has 5 aromatic heterocycles. The van der Waals surface area contributed by atoms with E-state index in [0.717, 1.165) is 10.8 Å². The Bertz CT molecular complexity index is 1210. The molecule has 0 fully saturated rings. The number of pyridine rings is 2. The Labute approximate surface area is 122 Å². The molecule has 0 aliphatic rings. The van der Waals surface area contributed by atoms with Crippen LogP contribution in [0.3, 0.4) is 0 Å². The third-order valence-corrected chi connectivity index (χ3v) is 4.06. The fraction of sp³-hybridized carbons (Fsp3) is 0. The van der Waals surface area contributed by atoms with E-state index in [-0.39, 0.29) is 11.1 Å². The smallest absolute Gasteiger partial charge is 0.268 e. The van der Waals surface area contributed by atoms with Gasteiger partial charge >= 0.3 is 0 Å². The van der Waals surface area contributed by atoms with Crippen molar-refractivity contribution in [3.05, 3.63) is 69.8 Å². The first kappa shape index (κ1) is 11.4. The molecule has 0 saturated heterocycles. The molecule has 0 atom stereocenters. The maximum atomic E-state index is 12.8. The summed E-state index contributed by atoms with van der Waals surface area (Å²) in [5.41, 5.74) is 1.53. The molecular weight excluding hydrogens is 280 g/mol. The van der Waals surface area contributed by atoms with Crippen LogP contribution >= 0.6 is 0 Å². The van der Waals surface area contributed by atoms with Crippen LogP contribution in [0.4, 0.5) is 0 Å². The molecule has 0 aromatic carbocycles. The van der Waals surface area contributed by atoms with E-state index in [2.05, 4.69) is 9.97 Å². The van der Waals surface area contributed by atoms with Crippen LogP contribution < -0.4 is 11.1 Å². The van der Waals surface area contributed by atoms with Crippen LogP contribution in [-0.2, 0) is 0 Å². The molecule has 0 spiro atoms. The van der Waals surface area contributed by atoms with Gasteiger partial charge in [0.1, 0.15) is 11.0 Å². The lowest BCUT2D eigenvalue weighted by atomic mass is 10.3. The number of hydrogen-bond donors (Lipinski definition) is 0. The molecular formula is C16H8N4O2. The molecule has 6 nitrogen and oxygen atoms in total. The van der Waals surface area contributed by atoms with Crippen LogP contribution in [0.25, 0.3) is 32.8 Å². The lowest BCUT2D eigenvalue weighted by molar-refractivity contribution is 1.07. The maximum Gasteiger partial charge on any atom is 0.280 e. The molecule has 0 amide bonds. The van der Waals surface area contributed by atoms with E-state index in [1.54, 1.807) is 49.1 Å². The molecule has 5 aromatic rings.